The van der Waals surface area contributed by atoms with Crippen molar-refractivity contribution in [1.82, 2.24) is 0 Å². The maximum Gasteiger partial charge on any atom is 0.144 e. The molecular weight excluding hydrogens is 747 g/mol. The molecule has 0 spiro atoms. The Bertz CT molecular complexity index is 3730. The molecule has 0 N–H and O–H groups in total. The SMILES string of the molecule is CC1(C)c2ccccc2-c2ccc(N(c3ccc(-c4ccccc4)cc3)c3ccc4c(c3)oc3c(-c5cccc6c5oc5ccccc56)c5c(cc34)oc3ccccc35)cc21. The lowest BCUT2D eigenvalue weighted by Gasteiger charge is -2.28. The third kappa shape index (κ3) is 4.93. The van der Waals surface area contributed by atoms with Crippen LogP contribution in [0.15, 0.2) is 201 Å². The summed E-state index contributed by atoms with van der Waals surface area (Å²) >= 11 is 0. The highest BCUT2D eigenvalue weighted by molar-refractivity contribution is 6.26. The quantitative estimate of drug-likeness (QED) is 0.174. The molecule has 3 heterocycles. The third-order valence-corrected chi connectivity index (χ3v) is 13.1. The Balaban J connectivity index is 1.04. The minimum absolute atomic E-state index is 0.145. The van der Waals surface area contributed by atoms with Gasteiger partial charge in [-0.2, -0.15) is 0 Å². The van der Waals surface area contributed by atoms with Gasteiger partial charge in [0, 0.05) is 72.0 Å². The summed E-state index contributed by atoms with van der Waals surface area (Å²) in [6.45, 7) is 4.67. The van der Waals surface area contributed by atoms with E-state index in [1.807, 2.05) is 24.3 Å². The first kappa shape index (κ1) is 34.1. The smallest absolute Gasteiger partial charge is 0.144 e. The van der Waals surface area contributed by atoms with Crippen LogP contribution in [0.25, 0.3) is 99.2 Å². The van der Waals surface area contributed by atoms with E-state index in [1.165, 1.54) is 33.4 Å². The average molecular weight is 784 g/mol. The van der Waals surface area contributed by atoms with Crippen LogP contribution in [0.2, 0.25) is 0 Å². The van der Waals surface area contributed by atoms with E-state index in [-0.39, 0.29) is 5.41 Å². The second-order valence-electron chi connectivity index (χ2n) is 16.8. The fourth-order valence-electron chi connectivity index (χ4n) is 10.2. The molecule has 0 saturated carbocycles. The van der Waals surface area contributed by atoms with Gasteiger partial charge in [0.1, 0.15) is 33.5 Å². The molecular formula is C57H37NO3. The van der Waals surface area contributed by atoms with Crippen molar-refractivity contribution >= 4 is 82.9 Å². The van der Waals surface area contributed by atoms with E-state index < -0.39 is 0 Å². The number of rotatable bonds is 5. The predicted molar refractivity (Wildman–Crippen MR) is 251 cm³/mol. The van der Waals surface area contributed by atoms with Gasteiger partial charge in [0.15, 0.2) is 0 Å². The summed E-state index contributed by atoms with van der Waals surface area (Å²) < 4.78 is 20.5. The number of fused-ring (bicyclic) bond motifs is 12. The zero-order chi connectivity index (χ0) is 40.4. The highest BCUT2D eigenvalue weighted by Gasteiger charge is 2.36. The van der Waals surface area contributed by atoms with Crippen molar-refractivity contribution in [3.8, 4) is 33.4 Å². The molecule has 3 aromatic heterocycles. The largest absolute Gasteiger partial charge is 0.456 e. The Morgan fingerprint density at radius 1 is 0.361 bits per heavy atom. The third-order valence-electron chi connectivity index (χ3n) is 13.1. The number of anilines is 3. The van der Waals surface area contributed by atoms with Crippen molar-refractivity contribution in [2.75, 3.05) is 4.90 Å². The molecule has 0 unspecified atom stereocenters. The number of hydrogen-bond acceptors (Lipinski definition) is 4. The van der Waals surface area contributed by atoms with E-state index in [9.17, 15) is 0 Å². The maximum absolute atomic E-state index is 7.17. The van der Waals surface area contributed by atoms with Crippen molar-refractivity contribution in [1.29, 1.82) is 0 Å². The zero-order valence-electron chi connectivity index (χ0n) is 33.6. The van der Waals surface area contributed by atoms with E-state index in [0.29, 0.717) is 0 Å². The first-order valence-corrected chi connectivity index (χ1v) is 20.9. The van der Waals surface area contributed by atoms with Crippen molar-refractivity contribution in [3.63, 3.8) is 0 Å². The highest BCUT2D eigenvalue weighted by Crippen LogP contribution is 2.52. The number of nitrogens with zero attached hydrogens (tertiary/aromatic N) is 1. The normalized spacial score (nSPS) is 13.2. The molecule has 0 fully saturated rings. The lowest BCUT2D eigenvalue weighted by molar-refractivity contribution is 0.660. The van der Waals surface area contributed by atoms with Gasteiger partial charge in [-0.1, -0.05) is 141 Å². The highest BCUT2D eigenvalue weighted by atomic mass is 16.3. The van der Waals surface area contributed by atoms with Crippen LogP contribution in [-0.4, -0.2) is 0 Å². The van der Waals surface area contributed by atoms with Gasteiger partial charge in [-0.3, -0.25) is 0 Å². The molecule has 1 aliphatic rings. The molecule has 4 nitrogen and oxygen atoms in total. The monoisotopic (exact) mass is 783 g/mol. The average Bonchev–Trinajstić information content (AvgIpc) is 4.04. The Hall–Kier alpha value is -7.82. The summed E-state index contributed by atoms with van der Waals surface area (Å²) in [5.74, 6) is 0. The van der Waals surface area contributed by atoms with Crippen LogP contribution in [0.1, 0.15) is 25.0 Å². The van der Waals surface area contributed by atoms with Crippen LogP contribution in [0, 0.1) is 0 Å². The molecule has 61 heavy (non-hydrogen) atoms. The molecule has 12 aromatic rings. The van der Waals surface area contributed by atoms with Crippen LogP contribution in [0.3, 0.4) is 0 Å². The van der Waals surface area contributed by atoms with E-state index in [2.05, 4.69) is 183 Å². The van der Waals surface area contributed by atoms with Crippen molar-refractivity contribution in [2.45, 2.75) is 19.3 Å². The van der Waals surface area contributed by atoms with Crippen LogP contribution in [-0.2, 0) is 5.41 Å². The van der Waals surface area contributed by atoms with Crippen molar-refractivity contribution in [2.24, 2.45) is 0 Å². The van der Waals surface area contributed by atoms with E-state index in [1.54, 1.807) is 0 Å². The Morgan fingerprint density at radius 3 is 1.82 bits per heavy atom. The Morgan fingerprint density at radius 2 is 0.967 bits per heavy atom. The minimum Gasteiger partial charge on any atom is -0.456 e. The number of benzene rings is 9. The molecule has 288 valence electrons. The van der Waals surface area contributed by atoms with Crippen LogP contribution in [0.4, 0.5) is 17.1 Å². The van der Waals surface area contributed by atoms with Gasteiger partial charge in [0.2, 0.25) is 0 Å². The molecule has 0 saturated heterocycles. The van der Waals surface area contributed by atoms with E-state index in [4.69, 9.17) is 13.3 Å². The second-order valence-corrected chi connectivity index (χ2v) is 16.8. The molecule has 4 heteroatoms. The lowest BCUT2D eigenvalue weighted by Crippen LogP contribution is -2.16. The molecule has 0 amide bonds. The maximum atomic E-state index is 7.17. The second kappa shape index (κ2) is 12.6. The van der Waals surface area contributed by atoms with Gasteiger partial charge >= 0.3 is 0 Å². The summed E-state index contributed by atoms with van der Waals surface area (Å²) in [6.07, 6.45) is 0. The van der Waals surface area contributed by atoms with Crippen LogP contribution >= 0.6 is 0 Å². The molecule has 0 radical (unpaired) electrons. The molecule has 0 bridgehead atoms. The fourth-order valence-corrected chi connectivity index (χ4v) is 10.2. The molecule has 0 atom stereocenters. The summed E-state index contributed by atoms with van der Waals surface area (Å²) in [6, 6.07) is 66.9. The summed E-state index contributed by atoms with van der Waals surface area (Å²) in [5, 5.41) is 6.22. The van der Waals surface area contributed by atoms with E-state index in [0.717, 1.165) is 94.0 Å². The first-order chi connectivity index (χ1) is 30.0. The molecule has 9 aromatic carbocycles. The Kier molecular flexibility index (Phi) is 7.04. The molecule has 0 aliphatic heterocycles. The van der Waals surface area contributed by atoms with Gasteiger partial charge in [-0.25, -0.2) is 0 Å². The van der Waals surface area contributed by atoms with E-state index >= 15 is 0 Å². The van der Waals surface area contributed by atoms with Gasteiger partial charge in [0.05, 0.1) is 0 Å². The zero-order valence-corrected chi connectivity index (χ0v) is 33.6. The van der Waals surface area contributed by atoms with Crippen LogP contribution in [0.5, 0.6) is 0 Å². The fraction of sp³-hybridized carbons (Fsp3) is 0.0526. The number of para-hydroxylation sites is 3. The van der Waals surface area contributed by atoms with Gasteiger partial charge in [-0.05, 0) is 88.0 Å². The standard InChI is InChI=1S/C57H37NO3/c1-57(2)47-20-9-6-15-39(47)40-29-27-37(31-48(40)57)58(36-25-23-35(24-26-36)34-13-4-3-5-14-34)38-28-30-42-46-33-52-53(44-17-8-11-22-50(44)59-52)54(56(46)61-51(42)32-38)45-19-12-18-43-41-16-7-10-21-49(41)60-55(43)45/h3-33H,1-2H3. The first-order valence-electron chi connectivity index (χ1n) is 20.9. The molecule has 13 rings (SSSR count). The topological polar surface area (TPSA) is 42.7 Å². The summed E-state index contributed by atoms with van der Waals surface area (Å²) in [7, 11) is 0. The van der Waals surface area contributed by atoms with Gasteiger partial charge in [0.25, 0.3) is 0 Å². The lowest BCUT2D eigenvalue weighted by atomic mass is 9.82. The van der Waals surface area contributed by atoms with Crippen molar-refractivity contribution < 1.29 is 13.3 Å². The number of hydrogen-bond donors (Lipinski definition) is 0. The summed E-state index contributed by atoms with van der Waals surface area (Å²) in [5.41, 5.74) is 17.5. The molecule has 1 aliphatic carbocycles. The van der Waals surface area contributed by atoms with Gasteiger partial charge < -0.3 is 18.2 Å². The Labute approximate surface area is 351 Å². The minimum atomic E-state index is -0.145. The van der Waals surface area contributed by atoms with Crippen LogP contribution < -0.4 is 4.90 Å². The van der Waals surface area contributed by atoms with Crippen molar-refractivity contribution in [3.05, 3.63) is 199 Å². The van der Waals surface area contributed by atoms with Gasteiger partial charge in [-0.15, -0.1) is 0 Å². The summed E-state index contributed by atoms with van der Waals surface area (Å²) in [4.78, 5) is 2.36. The number of furan rings is 3. The predicted octanol–water partition coefficient (Wildman–Crippen LogP) is 16.5.